The average Bonchev–Trinajstić information content (AvgIpc) is 3.86. The molecular formula is C61H42N2O. The van der Waals surface area contributed by atoms with Crippen LogP contribution in [-0.4, -0.2) is 9.97 Å². The summed E-state index contributed by atoms with van der Waals surface area (Å²) < 4.78 is 6.64. The molecule has 0 aliphatic heterocycles. The molecule has 2 heterocycles. The first-order valence-corrected chi connectivity index (χ1v) is 22.0. The molecular weight excluding hydrogens is 777 g/mol. The summed E-state index contributed by atoms with van der Waals surface area (Å²) in [6, 6.07) is 77.9. The van der Waals surface area contributed by atoms with E-state index < -0.39 is 0 Å². The molecule has 0 amide bonds. The number of aromatic nitrogens is 2. The van der Waals surface area contributed by atoms with Gasteiger partial charge in [-0.15, -0.1) is 0 Å². The van der Waals surface area contributed by atoms with Crippen LogP contribution in [0.3, 0.4) is 0 Å². The van der Waals surface area contributed by atoms with Gasteiger partial charge in [0.05, 0.1) is 11.4 Å². The molecule has 0 radical (unpaired) electrons. The zero-order chi connectivity index (χ0) is 42.8. The van der Waals surface area contributed by atoms with E-state index in [9.17, 15) is 0 Å². The van der Waals surface area contributed by atoms with Crippen LogP contribution in [0.5, 0.6) is 0 Å². The van der Waals surface area contributed by atoms with Gasteiger partial charge in [0, 0.05) is 38.4 Å². The van der Waals surface area contributed by atoms with Crippen molar-refractivity contribution in [3.63, 3.8) is 0 Å². The number of nitrogens with zero attached hydrogens (tertiary/aromatic N) is 2. The third-order valence-electron chi connectivity index (χ3n) is 13.1. The SMILES string of the molecule is CC1(C)c2ccccc2-c2ccc(-c3ccccc3-c3cc(-c4cc(-c5ccc(-c6ccccc6)cc5)cc(-c5cccc6c5oc5ccccc56)c4)nc(-c4ccccc4)n3)cc21. The predicted molar refractivity (Wildman–Crippen MR) is 265 cm³/mol. The van der Waals surface area contributed by atoms with Gasteiger partial charge in [-0.1, -0.05) is 196 Å². The zero-order valence-electron chi connectivity index (χ0n) is 35.6. The Bertz CT molecular complexity index is 3560. The monoisotopic (exact) mass is 818 g/mol. The zero-order valence-corrected chi connectivity index (χ0v) is 35.6. The van der Waals surface area contributed by atoms with Crippen LogP contribution in [0.15, 0.2) is 223 Å². The number of rotatable bonds is 7. The molecule has 11 aromatic rings. The van der Waals surface area contributed by atoms with Crippen molar-refractivity contribution >= 4 is 21.9 Å². The van der Waals surface area contributed by atoms with Gasteiger partial charge in [0.2, 0.25) is 0 Å². The van der Waals surface area contributed by atoms with E-state index in [0.717, 1.165) is 77.8 Å². The highest BCUT2D eigenvalue weighted by atomic mass is 16.3. The summed E-state index contributed by atoms with van der Waals surface area (Å²) in [5, 5.41) is 2.20. The fraction of sp³-hybridized carbons (Fsp3) is 0.0492. The lowest BCUT2D eigenvalue weighted by atomic mass is 9.81. The molecule has 1 aliphatic rings. The summed E-state index contributed by atoms with van der Waals surface area (Å²) in [4.78, 5) is 10.7. The number of fused-ring (bicyclic) bond motifs is 6. The lowest BCUT2D eigenvalue weighted by Crippen LogP contribution is -2.14. The van der Waals surface area contributed by atoms with Gasteiger partial charge in [-0.05, 0) is 97.6 Å². The molecule has 12 rings (SSSR count). The van der Waals surface area contributed by atoms with Crippen LogP contribution in [-0.2, 0) is 5.41 Å². The van der Waals surface area contributed by atoms with Gasteiger partial charge in [0.25, 0.3) is 0 Å². The van der Waals surface area contributed by atoms with Crippen molar-refractivity contribution in [3.05, 3.63) is 230 Å². The van der Waals surface area contributed by atoms with Gasteiger partial charge in [0.1, 0.15) is 11.2 Å². The Balaban J connectivity index is 1.05. The van der Waals surface area contributed by atoms with Crippen molar-refractivity contribution in [1.29, 1.82) is 0 Å². The summed E-state index contributed by atoms with van der Waals surface area (Å²) in [5.74, 6) is 0.673. The molecule has 0 atom stereocenters. The molecule has 0 saturated heterocycles. The lowest BCUT2D eigenvalue weighted by molar-refractivity contribution is 0.660. The predicted octanol–water partition coefficient (Wildman–Crippen LogP) is 16.4. The highest BCUT2D eigenvalue weighted by molar-refractivity contribution is 6.10. The minimum Gasteiger partial charge on any atom is -0.455 e. The molecule has 64 heavy (non-hydrogen) atoms. The number of hydrogen-bond acceptors (Lipinski definition) is 3. The maximum absolute atomic E-state index is 6.64. The van der Waals surface area contributed by atoms with E-state index in [1.807, 2.05) is 18.2 Å². The van der Waals surface area contributed by atoms with Gasteiger partial charge in [-0.3, -0.25) is 0 Å². The van der Waals surface area contributed by atoms with Crippen LogP contribution in [0.2, 0.25) is 0 Å². The van der Waals surface area contributed by atoms with Gasteiger partial charge < -0.3 is 4.42 Å². The quantitative estimate of drug-likeness (QED) is 0.161. The topological polar surface area (TPSA) is 38.9 Å². The van der Waals surface area contributed by atoms with Gasteiger partial charge in [0.15, 0.2) is 5.82 Å². The Morgan fingerprint density at radius 2 is 0.875 bits per heavy atom. The second-order valence-corrected chi connectivity index (χ2v) is 17.3. The van der Waals surface area contributed by atoms with Gasteiger partial charge in [-0.25, -0.2) is 9.97 Å². The molecule has 0 unspecified atom stereocenters. The van der Waals surface area contributed by atoms with E-state index in [-0.39, 0.29) is 5.41 Å². The molecule has 2 aromatic heterocycles. The number of hydrogen-bond donors (Lipinski definition) is 0. The average molecular weight is 819 g/mol. The van der Waals surface area contributed by atoms with Crippen LogP contribution < -0.4 is 0 Å². The lowest BCUT2D eigenvalue weighted by Gasteiger charge is -2.22. The van der Waals surface area contributed by atoms with Gasteiger partial charge in [-0.2, -0.15) is 0 Å². The Morgan fingerprint density at radius 1 is 0.328 bits per heavy atom. The first-order valence-electron chi connectivity index (χ1n) is 22.0. The molecule has 0 saturated carbocycles. The van der Waals surface area contributed by atoms with E-state index >= 15 is 0 Å². The van der Waals surface area contributed by atoms with Crippen molar-refractivity contribution in [2.45, 2.75) is 19.3 Å². The molecule has 0 N–H and O–H groups in total. The summed E-state index contributed by atoms with van der Waals surface area (Å²) in [6.45, 7) is 4.68. The first-order chi connectivity index (χ1) is 31.5. The van der Waals surface area contributed by atoms with Gasteiger partial charge >= 0.3 is 0 Å². The number of para-hydroxylation sites is 2. The molecule has 3 nitrogen and oxygen atoms in total. The van der Waals surface area contributed by atoms with Crippen molar-refractivity contribution in [2.24, 2.45) is 0 Å². The fourth-order valence-electron chi connectivity index (χ4n) is 9.84. The van der Waals surface area contributed by atoms with E-state index in [1.165, 1.54) is 38.9 Å². The summed E-state index contributed by atoms with van der Waals surface area (Å²) >= 11 is 0. The molecule has 0 spiro atoms. The Morgan fingerprint density at radius 3 is 1.67 bits per heavy atom. The standard InChI is InChI=1S/C61H42N2O/c1-61(2)54-26-13-11-21-49(54)50-33-32-43(37-55(50)61)47-20-9-10-22-51(47)57-38-56(62-60(63-57)42-18-7-4-8-19-42)46-35-44(41-30-28-40(29-31-41)39-16-5-3-6-17-39)34-45(36-46)48-24-15-25-53-52-23-12-14-27-58(52)64-59(48)53/h3-38H,1-2H3. The van der Waals surface area contributed by atoms with Crippen molar-refractivity contribution in [2.75, 3.05) is 0 Å². The second-order valence-electron chi connectivity index (χ2n) is 17.3. The molecule has 0 bridgehead atoms. The molecule has 3 heteroatoms. The smallest absolute Gasteiger partial charge is 0.160 e. The first kappa shape index (κ1) is 37.6. The molecule has 9 aromatic carbocycles. The Hall–Kier alpha value is -8.14. The van der Waals surface area contributed by atoms with E-state index in [2.05, 4.69) is 214 Å². The summed E-state index contributed by atoms with van der Waals surface area (Å²) in [5.41, 5.74) is 20.6. The molecule has 0 fully saturated rings. The van der Waals surface area contributed by atoms with E-state index in [4.69, 9.17) is 14.4 Å². The maximum Gasteiger partial charge on any atom is 0.160 e. The highest BCUT2D eigenvalue weighted by Gasteiger charge is 2.35. The Kier molecular flexibility index (Phi) is 8.84. The molecule has 1 aliphatic carbocycles. The fourth-order valence-corrected chi connectivity index (χ4v) is 9.84. The second kappa shape index (κ2) is 15.0. The van der Waals surface area contributed by atoms with Crippen LogP contribution in [0.25, 0.3) is 111 Å². The third kappa shape index (κ3) is 6.36. The third-order valence-corrected chi connectivity index (χ3v) is 13.1. The number of furan rings is 1. The van der Waals surface area contributed by atoms with E-state index in [0.29, 0.717) is 5.82 Å². The number of benzene rings is 9. The van der Waals surface area contributed by atoms with Crippen molar-refractivity contribution in [3.8, 4) is 89.5 Å². The van der Waals surface area contributed by atoms with Crippen LogP contribution >= 0.6 is 0 Å². The maximum atomic E-state index is 6.64. The minimum atomic E-state index is -0.114. The Labute approximate surface area is 373 Å². The normalized spacial score (nSPS) is 12.7. The van der Waals surface area contributed by atoms with E-state index in [1.54, 1.807) is 0 Å². The van der Waals surface area contributed by atoms with Crippen LogP contribution in [0, 0.1) is 0 Å². The summed E-state index contributed by atoms with van der Waals surface area (Å²) in [7, 11) is 0. The van der Waals surface area contributed by atoms with Crippen LogP contribution in [0.4, 0.5) is 0 Å². The minimum absolute atomic E-state index is 0.114. The van der Waals surface area contributed by atoms with Crippen molar-refractivity contribution < 1.29 is 4.42 Å². The molecule has 302 valence electrons. The largest absolute Gasteiger partial charge is 0.455 e. The van der Waals surface area contributed by atoms with Crippen LogP contribution in [0.1, 0.15) is 25.0 Å². The summed E-state index contributed by atoms with van der Waals surface area (Å²) in [6.07, 6.45) is 0. The van der Waals surface area contributed by atoms with Crippen molar-refractivity contribution in [1.82, 2.24) is 9.97 Å². The highest BCUT2D eigenvalue weighted by Crippen LogP contribution is 2.50.